The smallest absolute Gasteiger partial charge is 0.193 e. The molecule has 0 aromatic heterocycles. The topological polar surface area (TPSA) is 63.6 Å². The third-order valence-electron chi connectivity index (χ3n) is 4.91. The van der Waals surface area contributed by atoms with Crippen LogP contribution in [-0.2, 0) is 0 Å². The predicted molar refractivity (Wildman–Crippen MR) is 119 cm³/mol. The van der Waals surface area contributed by atoms with E-state index in [2.05, 4.69) is 0 Å². The third-order valence-corrected chi connectivity index (χ3v) is 4.91. The maximum atomic E-state index is 12.6. The van der Waals surface area contributed by atoms with Crippen molar-refractivity contribution in [3.63, 3.8) is 0 Å². The highest BCUT2D eigenvalue weighted by molar-refractivity contribution is 6.09. The second kappa shape index (κ2) is 8.67. The molecule has 0 saturated carbocycles. The largest absolute Gasteiger partial charge is 0.508 e. The lowest BCUT2D eigenvalue weighted by molar-refractivity contribution is 0.103. The van der Waals surface area contributed by atoms with Crippen molar-refractivity contribution in [1.82, 2.24) is 0 Å². The first-order valence-electron chi connectivity index (χ1n) is 9.83. The van der Waals surface area contributed by atoms with Gasteiger partial charge in [0.25, 0.3) is 0 Å². The van der Waals surface area contributed by atoms with Gasteiger partial charge in [0, 0.05) is 22.3 Å². The van der Waals surface area contributed by atoms with E-state index in [9.17, 15) is 14.7 Å². The summed E-state index contributed by atoms with van der Waals surface area (Å²) in [5.41, 5.74) is 3.37. The lowest BCUT2D eigenvalue weighted by atomic mass is 10.0. The number of phenolic OH excluding ortho intramolecular Hbond substituents is 1. The monoisotopic (exact) mass is 408 g/mol. The van der Waals surface area contributed by atoms with Crippen molar-refractivity contribution in [2.45, 2.75) is 6.92 Å². The fraction of sp³-hybridized carbons (Fsp3) is 0.0370. The average Bonchev–Trinajstić information content (AvgIpc) is 2.80. The first-order chi connectivity index (χ1) is 15.0. The van der Waals surface area contributed by atoms with Crippen LogP contribution in [0.15, 0.2) is 97.1 Å². The summed E-state index contributed by atoms with van der Waals surface area (Å²) in [5.74, 6) is 1.12. The number of aryl methyl sites for hydroxylation is 1. The first-order valence-corrected chi connectivity index (χ1v) is 9.83. The van der Waals surface area contributed by atoms with E-state index < -0.39 is 0 Å². The number of carbonyl (C=O) groups excluding carboxylic acids is 2. The maximum absolute atomic E-state index is 12.6. The molecular weight excluding hydrogens is 388 g/mol. The zero-order chi connectivity index (χ0) is 21.8. The van der Waals surface area contributed by atoms with Crippen LogP contribution in [0.3, 0.4) is 0 Å². The Bertz CT molecular complexity index is 1110. The molecule has 0 unspecified atom stereocenters. The van der Waals surface area contributed by atoms with Crippen molar-refractivity contribution in [2.75, 3.05) is 0 Å². The minimum Gasteiger partial charge on any atom is -0.508 e. The highest BCUT2D eigenvalue weighted by atomic mass is 16.5. The van der Waals surface area contributed by atoms with Gasteiger partial charge in [0.1, 0.15) is 17.2 Å². The summed E-state index contributed by atoms with van der Waals surface area (Å²) in [6.07, 6.45) is 0. The van der Waals surface area contributed by atoms with Gasteiger partial charge in [-0.3, -0.25) is 9.59 Å². The van der Waals surface area contributed by atoms with E-state index in [1.54, 1.807) is 60.7 Å². The van der Waals surface area contributed by atoms with Gasteiger partial charge in [-0.1, -0.05) is 29.8 Å². The zero-order valence-electron chi connectivity index (χ0n) is 16.9. The Labute approximate surface area is 180 Å². The van der Waals surface area contributed by atoms with Gasteiger partial charge in [0.15, 0.2) is 11.6 Å². The fourth-order valence-electron chi connectivity index (χ4n) is 3.14. The molecule has 0 fully saturated rings. The standard InChI is InChI=1S/C27H20O4/c1-18-2-4-19(5-3-18)26(29)21-8-14-24(15-9-21)31-25-16-10-22(11-17-25)27(30)20-6-12-23(28)13-7-20/h2-17,28H,1H3. The van der Waals surface area contributed by atoms with E-state index in [0.29, 0.717) is 33.8 Å². The molecule has 0 aliphatic carbocycles. The summed E-state index contributed by atoms with van der Waals surface area (Å²) >= 11 is 0. The van der Waals surface area contributed by atoms with E-state index in [4.69, 9.17) is 4.74 Å². The maximum Gasteiger partial charge on any atom is 0.193 e. The Balaban J connectivity index is 1.43. The van der Waals surface area contributed by atoms with E-state index in [-0.39, 0.29) is 17.3 Å². The van der Waals surface area contributed by atoms with Crippen LogP contribution < -0.4 is 4.74 Å². The summed E-state index contributed by atoms with van der Waals surface area (Å²) in [5, 5.41) is 9.35. The van der Waals surface area contributed by atoms with Gasteiger partial charge in [0.05, 0.1) is 0 Å². The second-order valence-corrected chi connectivity index (χ2v) is 7.22. The van der Waals surface area contributed by atoms with Crippen LogP contribution >= 0.6 is 0 Å². The van der Waals surface area contributed by atoms with E-state index >= 15 is 0 Å². The molecule has 31 heavy (non-hydrogen) atoms. The van der Waals surface area contributed by atoms with Gasteiger partial charge in [-0.25, -0.2) is 0 Å². The molecule has 0 atom stereocenters. The Morgan fingerprint density at radius 2 is 0.871 bits per heavy atom. The number of hydrogen-bond acceptors (Lipinski definition) is 4. The van der Waals surface area contributed by atoms with E-state index in [1.807, 2.05) is 31.2 Å². The van der Waals surface area contributed by atoms with Crippen LogP contribution in [0, 0.1) is 6.92 Å². The minimum atomic E-state index is -0.134. The fourth-order valence-corrected chi connectivity index (χ4v) is 3.14. The van der Waals surface area contributed by atoms with Gasteiger partial charge in [-0.15, -0.1) is 0 Å². The Morgan fingerprint density at radius 1 is 0.548 bits per heavy atom. The Kier molecular flexibility index (Phi) is 5.63. The van der Waals surface area contributed by atoms with Crippen LogP contribution in [0.5, 0.6) is 17.2 Å². The molecule has 4 heteroatoms. The molecule has 4 nitrogen and oxygen atoms in total. The summed E-state index contributed by atoms with van der Waals surface area (Å²) < 4.78 is 5.84. The van der Waals surface area contributed by atoms with Crippen molar-refractivity contribution in [1.29, 1.82) is 0 Å². The van der Waals surface area contributed by atoms with Gasteiger partial charge >= 0.3 is 0 Å². The summed E-state index contributed by atoms with van der Waals surface area (Å²) in [7, 11) is 0. The molecular formula is C27H20O4. The van der Waals surface area contributed by atoms with Crippen molar-refractivity contribution in [2.24, 2.45) is 0 Å². The molecule has 0 radical (unpaired) electrons. The number of benzene rings is 4. The molecule has 152 valence electrons. The number of hydrogen-bond donors (Lipinski definition) is 1. The minimum absolute atomic E-state index is 0.0383. The first kappa shape index (κ1) is 20.1. The molecule has 1 N–H and O–H groups in total. The van der Waals surface area contributed by atoms with E-state index in [0.717, 1.165) is 5.56 Å². The molecule has 4 rings (SSSR count). The van der Waals surface area contributed by atoms with Crippen molar-refractivity contribution in [3.8, 4) is 17.2 Å². The molecule has 0 amide bonds. The quantitative estimate of drug-likeness (QED) is 0.400. The van der Waals surface area contributed by atoms with Crippen LogP contribution in [0.1, 0.15) is 37.4 Å². The lowest BCUT2D eigenvalue weighted by Gasteiger charge is -2.08. The molecule has 0 aliphatic heterocycles. The number of phenols is 1. The molecule has 4 aromatic carbocycles. The number of aromatic hydroxyl groups is 1. The summed E-state index contributed by atoms with van der Waals surface area (Å²) in [4.78, 5) is 25.1. The average molecular weight is 408 g/mol. The SMILES string of the molecule is Cc1ccc(C(=O)c2ccc(Oc3ccc(C(=O)c4ccc(O)cc4)cc3)cc2)cc1. The summed E-state index contributed by atoms with van der Waals surface area (Å²) in [6, 6.07) is 27.4. The highest BCUT2D eigenvalue weighted by Crippen LogP contribution is 2.24. The van der Waals surface area contributed by atoms with Crippen LogP contribution in [0.2, 0.25) is 0 Å². The van der Waals surface area contributed by atoms with Crippen molar-refractivity contribution < 1.29 is 19.4 Å². The molecule has 0 aliphatic rings. The van der Waals surface area contributed by atoms with Crippen molar-refractivity contribution >= 4 is 11.6 Å². The molecule has 4 aromatic rings. The van der Waals surface area contributed by atoms with Gasteiger partial charge < -0.3 is 9.84 Å². The predicted octanol–water partition coefficient (Wildman–Crippen LogP) is 5.95. The lowest BCUT2D eigenvalue weighted by Crippen LogP contribution is -2.01. The van der Waals surface area contributed by atoms with Gasteiger partial charge in [-0.2, -0.15) is 0 Å². The molecule has 0 saturated heterocycles. The zero-order valence-corrected chi connectivity index (χ0v) is 16.9. The molecule has 0 bridgehead atoms. The van der Waals surface area contributed by atoms with Crippen LogP contribution in [0.4, 0.5) is 0 Å². The third kappa shape index (κ3) is 4.70. The Morgan fingerprint density at radius 3 is 1.26 bits per heavy atom. The summed E-state index contributed by atoms with van der Waals surface area (Å²) in [6.45, 7) is 1.98. The van der Waals surface area contributed by atoms with E-state index in [1.165, 1.54) is 12.1 Å². The Hall–Kier alpha value is -4.18. The normalized spacial score (nSPS) is 10.5. The number of rotatable bonds is 6. The number of ether oxygens (including phenoxy) is 1. The van der Waals surface area contributed by atoms with Crippen molar-refractivity contribution in [3.05, 3.63) is 125 Å². The number of ketones is 2. The van der Waals surface area contributed by atoms with Gasteiger partial charge in [0.2, 0.25) is 0 Å². The van der Waals surface area contributed by atoms with Crippen LogP contribution in [0.25, 0.3) is 0 Å². The second-order valence-electron chi connectivity index (χ2n) is 7.22. The number of carbonyl (C=O) groups is 2. The molecule has 0 heterocycles. The molecule has 0 spiro atoms. The van der Waals surface area contributed by atoms with Crippen LogP contribution in [-0.4, -0.2) is 16.7 Å². The van der Waals surface area contributed by atoms with Gasteiger partial charge in [-0.05, 0) is 79.7 Å². The highest BCUT2D eigenvalue weighted by Gasteiger charge is 2.11.